The Kier molecular flexibility index (Phi) is 6.42. The molecule has 1 heterocycles. The zero-order chi connectivity index (χ0) is 18.2. The van der Waals surface area contributed by atoms with E-state index in [-0.39, 0.29) is 5.91 Å². The van der Waals surface area contributed by atoms with E-state index in [1.165, 1.54) is 31.3 Å². The van der Waals surface area contributed by atoms with Gasteiger partial charge in [0.05, 0.1) is 5.56 Å². The van der Waals surface area contributed by atoms with Crippen LogP contribution in [0.25, 0.3) is 0 Å². The van der Waals surface area contributed by atoms with Gasteiger partial charge in [-0.1, -0.05) is 29.8 Å². The number of hydrogen-bond donors (Lipinski definition) is 1. The number of hydrogen-bond acceptors (Lipinski definition) is 3. The van der Waals surface area contributed by atoms with E-state index in [4.69, 9.17) is 0 Å². The van der Waals surface area contributed by atoms with Crippen LogP contribution in [0.4, 0.5) is 11.5 Å². The SMILES string of the molecule is CCN(c1ccccc1)c1ccc(C(=O)NCCC2=CCCCC2)cn1. The Morgan fingerprint density at radius 3 is 2.65 bits per heavy atom. The van der Waals surface area contributed by atoms with Crippen molar-refractivity contribution in [3.8, 4) is 0 Å². The lowest BCUT2D eigenvalue weighted by Crippen LogP contribution is -2.25. The lowest BCUT2D eigenvalue weighted by Gasteiger charge is -2.22. The number of carbonyl (C=O) groups excluding carboxylic acids is 1. The van der Waals surface area contributed by atoms with Gasteiger partial charge in [-0.15, -0.1) is 0 Å². The number of nitrogens with zero attached hydrogens (tertiary/aromatic N) is 2. The van der Waals surface area contributed by atoms with Crippen LogP contribution in [0.1, 0.15) is 49.4 Å². The first-order valence-electron chi connectivity index (χ1n) is 9.52. The molecule has 0 unspecified atom stereocenters. The Morgan fingerprint density at radius 2 is 2.00 bits per heavy atom. The van der Waals surface area contributed by atoms with Crippen LogP contribution in [0, 0.1) is 0 Å². The maximum Gasteiger partial charge on any atom is 0.252 e. The van der Waals surface area contributed by atoms with Gasteiger partial charge in [0.2, 0.25) is 0 Å². The van der Waals surface area contributed by atoms with E-state index in [0.29, 0.717) is 12.1 Å². The van der Waals surface area contributed by atoms with Gasteiger partial charge in [-0.05, 0) is 63.3 Å². The molecule has 0 atom stereocenters. The minimum absolute atomic E-state index is 0.0526. The average molecular weight is 349 g/mol. The highest BCUT2D eigenvalue weighted by Gasteiger charge is 2.11. The van der Waals surface area contributed by atoms with Crippen LogP contribution in [0.5, 0.6) is 0 Å². The zero-order valence-corrected chi connectivity index (χ0v) is 15.4. The number of aromatic nitrogens is 1. The summed E-state index contributed by atoms with van der Waals surface area (Å²) in [7, 11) is 0. The summed E-state index contributed by atoms with van der Waals surface area (Å²) >= 11 is 0. The Balaban J connectivity index is 1.57. The lowest BCUT2D eigenvalue weighted by molar-refractivity contribution is 0.0953. The fraction of sp³-hybridized carbons (Fsp3) is 0.364. The van der Waals surface area contributed by atoms with Gasteiger partial charge >= 0.3 is 0 Å². The molecule has 0 radical (unpaired) electrons. The summed E-state index contributed by atoms with van der Waals surface area (Å²) in [5, 5.41) is 3.01. The monoisotopic (exact) mass is 349 g/mol. The van der Waals surface area contributed by atoms with E-state index in [0.717, 1.165) is 24.5 Å². The van der Waals surface area contributed by atoms with Crippen LogP contribution in [-0.4, -0.2) is 24.0 Å². The van der Waals surface area contributed by atoms with Crippen LogP contribution in [0.2, 0.25) is 0 Å². The molecule has 1 aliphatic rings. The Hall–Kier alpha value is -2.62. The molecular formula is C22H27N3O. The highest BCUT2D eigenvalue weighted by atomic mass is 16.1. The van der Waals surface area contributed by atoms with Crippen molar-refractivity contribution in [2.45, 2.75) is 39.0 Å². The van der Waals surface area contributed by atoms with Crippen LogP contribution in [-0.2, 0) is 0 Å². The number of allylic oxidation sites excluding steroid dienone is 1. The predicted molar refractivity (Wildman–Crippen MR) is 107 cm³/mol. The Labute approximate surface area is 155 Å². The van der Waals surface area contributed by atoms with Crippen molar-refractivity contribution in [3.63, 3.8) is 0 Å². The minimum Gasteiger partial charge on any atom is -0.352 e. The summed E-state index contributed by atoms with van der Waals surface area (Å²) in [4.78, 5) is 18.9. The highest BCUT2D eigenvalue weighted by Crippen LogP contribution is 2.23. The average Bonchev–Trinajstić information content (AvgIpc) is 2.71. The molecule has 26 heavy (non-hydrogen) atoms. The molecule has 0 fully saturated rings. The van der Waals surface area contributed by atoms with Crippen LogP contribution in [0.15, 0.2) is 60.3 Å². The maximum absolute atomic E-state index is 12.3. The van der Waals surface area contributed by atoms with Crippen molar-refractivity contribution in [2.75, 3.05) is 18.0 Å². The summed E-state index contributed by atoms with van der Waals surface area (Å²) in [6.45, 7) is 3.60. The maximum atomic E-state index is 12.3. The Bertz CT molecular complexity index is 738. The second-order valence-electron chi connectivity index (χ2n) is 6.60. The van der Waals surface area contributed by atoms with Gasteiger partial charge in [0.25, 0.3) is 5.91 Å². The van der Waals surface area contributed by atoms with Gasteiger partial charge in [-0.25, -0.2) is 4.98 Å². The number of benzene rings is 1. The van der Waals surface area contributed by atoms with Crippen molar-refractivity contribution < 1.29 is 4.79 Å². The number of amides is 1. The molecule has 4 heteroatoms. The van der Waals surface area contributed by atoms with Gasteiger partial charge < -0.3 is 10.2 Å². The van der Waals surface area contributed by atoms with Crippen LogP contribution < -0.4 is 10.2 Å². The van der Waals surface area contributed by atoms with Crippen molar-refractivity contribution in [1.82, 2.24) is 10.3 Å². The molecule has 0 bridgehead atoms. The molecular weight excluding hydrogens is 322 g/mol. The number of pyridine rings is 1. The minimum atomic E-state index is -0.0526. The molecule has 136 valence electrons. The van der Waals surface area contributed by atoms with Gasteiger partial charge in [0.15, 0.2) is 0 Å². The van der Waals surface area contributed by atoms with Crippen molar-refractivity contribution in [1.29, 1.82) is 0 Å². The van der Waals surface area contributed by atoms with Gasteiger partial charge in [0.1, 0.15) is 5.82 Å². The van der Waals surface area contributed by atoms with E-state index in [1.807, 2.05) is 30.3 Å². The standard InChI is InChI=1S/C22H27N3O/c1-2-25(20-11-7-4-8-12-20)21-14-13-19(17-24-21)22(26)23-16-15-18-9-5-3-6-10-18/h4,7-9,11-14,17H,2-3,5-6,10,15-16H2,1H3,(H,23,26). The molecule has 0 saturated heterocycles. The fourth-order valence-corrected chi connectivity index (χ4v) is 3.34. The predicted octanol–water partition coefficient (Wildman–Crippen LogP) is 4.86. The van der Waals surface area contributed by atoms with Gasteiger partial charge in [-0.2, -0.15) is 0 Å². The molecule has 1 aliphatic carbocycles. The molecule has 1 aromatic carbocycles. The molecule has 0 saturated carbocycles. The van der Waals surface area contributed by atoms with Crippen LogP contribution >= 0.6 is 0 Å². The molecule has 4 nitrogen and oxygen atoms in total. The van der Waals surface area contributed by atoms with Crippen molar-refractivity contribution in [2.24, 2.45) is 0 Å². The molecule has 0 aliphatic heterocycles. The largest absolute Gasteiger partial charge is 0.352 e. The van der Waals surface area contributed by atoms with E-state index in [9.17, 15) is 4.79 Å². The van der Waals surface area contributed by atoms with E-state index < -0.39 is 0 Å². The fourth-order valence-electron chi connectivity index (χ4n) is 3.34. The van der Waals surface area contributed by atoms with E-state index >= 15 is 0 Å². The second-order valence-corrected chi connectivity index (χ2v) is 6.60. The Morgan fingerprint density at radius 1 is 1.15 bits per heavy atom. The number of anilines is 2. The smallest absolute Gasteiger partial charge is 0.252 e. The normalized spacial score (nSPS) is 13.8. The van der Waals surface area contributed by atoms with E-state index in [2.05, 4.69) is 40.3 Å². The van der Waals surface area contributed by atoms with Crippen molar-refractivity contribution >= 4 is 17.4 Å². The van der Waals surface area contributed by atoms with Gasteiger partial charge in [-0.3, -0.25) is 4.79 Å². The first-order chi connectivity index (χ1) is 12.8. The lowest BCUT2D eigenvalue weighted by atomic mass is 9.97. The third-order valence-corrected chi connectivity index (χ3v) is 4.79. The topological polar surface area (TPSA) is 45.2 Å². The molecule has 1 amide bonds. The number of para-hydroxylation sites is 1. The highest BCUT2D eigenvalue weighted by molar-refractivity contribution is 5.94. The van der Waals surface area contributed by atoms with E-state index in [1.54, 1.807) is 6.20 Å². The third kappa shape index (κ3) is 4.72. The first-order valence-corrected chi connectivity index (χ1v) is 9.52. The summed E-state index contributed by atoms with van der Waals surface area (Å²) in [6.07, 6.45) is 9.88. The van der Waals surface area contributed by atoms with Crippen LogP contribution in [0.3, 0.4) is 0 Å². The summed E-state index contributed by atoms with van der Waals surface area (Å²) < 4.78 is 0. The number of carbonyl (C=O) groups is 1. The molecule has 1 aromatic heterocycles. The molecule has 1 N–H and O–H groups in total. The summed E-state index contributed by atoms with van der Waals surface area (Å²) in [6, 6.07) is 13.9. The van der Waals surface area contributed by atoms with Crippen molar-refractivity contribution in [3.05, 3.63) is 65.9 Å². The molecule has 3 rings (SSSR count). The molecule has 2 aromatic rings. The number of nitrogens with one attached hydrogen (secondary N) is 1. The quantitative estimate of drug-likeness (QED) is 0.726. The summed E-state index contributed by atoms with van der Waals surface area (Å²) in [5.74, 6) is 0.797. The molecule has 0 spiro atoms. The first kappa shape index (κ1) is 18.2. The second kappa shape index (κ2) is 9.18. The zero-order valence-electron chi connectivity index (χ0n) is 15.4. The summed E-state index contributed by atoms with van der Waals surface area (Å²) in [5.41, 5.74) is 3.18. The third-order valence-electron chi connectivity index (χ3n) is 4.79. The van der Waals surface area contributed by atoms with Gasteiger partial charge in [0, 0.05) is 25.0 Å². The number of rotatable bonds is 7.